The molecule has 3 rings (SSSR count). The highest BCUT2D eigenvalue weighted by Crippen LogP contribution is 2.29. The molecule has 0 aliphatic carbocycles. The molecule has 3 aromatic rings. The Morgan fingerprint density at radius 1 is 0.967 bits per heavy atom. The van der Waals surface area contributed by atoms with Gasteiger partial charge in [-0.2, -0.15) is 0 Å². The van der Waals surface area contributed by atoms with Gasteiger partial charge < -0.3 is 19.5 Å². The molecule has 1 N–H and O–H groups in total. The van der Waals surface area contributed by atoms with Crippen molar-refractivity contribution < 1.29 is 19.0 Å². The molecule has 0 fully saturated rings. The summed E-state index contributed by atoms with van der Waals surface area (Å²) in [6.07, 6.45) is 0. The lowest BCUT2D eigenvalue weighted by molar-refractivity contribution is 0.0939. The molecule has 0 radical (unpaired) electrons. The van der Waals surface area contributed by atoms with Gasteiger partial charge in [0.05, 0.1) is 20.3 Å². The van der Waals surface area contributed by atoms with Crippen molar-refractivity contribution in [2.45, 2.75) is 19.6 Å². The summed E-state index contributed by atoms with van der Waals surface area (Å²) in [5.41, 5.74) is 2.21. The molecule has 0 unspecified atom stereocenters. The molecule has 0 heterocycles. The lowest BCUT2D eigenvalue weighted by Crippen LogP contribution is -2.27. The number of carbonyl (C=O) groups is 1. The van der Waals surface area contributed by atoms with Crippen LogP contribution in [0.4, 0.5) is 0 Å². The summed E-state index contributed by atoms with van der Waals surface area (Å²) < 4.78 is 16.5. The van der Waals surface area contributed by atoms with Crippen LogP contribution in [0.25, 0.3) is 0 Å². The minimum Gasteiger partial charge on any atom is -0.497 e. The number of ether oxygens (including phenoxy) is 3. The summed E-state index contributed by atoms with van der Waals surface area (Å²) in [7, 11) is 3.20. The van der Waals surface area contributed by atoms with Crippen LogP contribution in [0.1, 0.15) is 34.5 Å². The molecule has 30 heavy (non-hydrogen) atoms. The number of carbonyl (C=O) groups excluding carboxylic acids is 1. The number of benzene rings is 3. The van der Waals surface area contributed by atoms with E-state index in [1.807, 2.05) is 55.5 Å². The highest BCUT2D eigenvalue weighted by Gasteiger charge is 2.16. The zero-order valence-corrected chi connectivity index (χ0v) is 17.9. The normalized spacial score (nSPS) is 11.5. The third-order valence-electron chi connectivity index (χ3n) is 4.70. The minimum absolute atomic E-state index is 0.212. The Hall–Kier alpha value is -3.18. The van der Waals surface area contributed by atoms with Crippen LogP contribution in [-0.2, 0) is 6.61 Å². The minimum atomic E-state index is -0.282. The van der Waals surface area contributed by atoms with Gasteiger partial charge in [-0.15, -0.1) is 0 Å². The van der Waals surface area contributed by atoms with Gasteiger partial charge in [-0.1, -0.05) is 35.9 Å². The average molecular weight is 426 g/mol. The van der Waals surface area contributed by atoms with Crippen LogP contribution in [-0.4, -0.2) is 20.1 Å². The highest BCUT2D eigenvalue weighted by molar-refractivity contribution is 6.31. The topological polar surface area (TPSA) is 56.8 Å². The highest BCUT2D eigenvalue weighted by atomic mass is 35.5. The second-order valence-electron chi connectivity index (χ2n) is 6.71. The number of halogens is 1. The molecule has 5 nitrogen and oxygen atoms in total. The molecular formula is C24H24ClNO4. The van der Waals surface area contributed by atoms with E-state index < -0.39 is 0 Å². The van der Waals surface area contributed by atoms with E-state index >= 15 is 0 Å². The summed E-state index contributed by atoms with van der Waals surface area (Å²) in [6, 6.07) is 19.8. The van der Waals surface area contributed by atoms with E-state index in [0.29, 0.717) is 34.4 Å². The van der Waals surface area contributed by atoms with E-state index in [1.54, 1.807) is 32.4 Å². The first kappa shape index (κ1) is 21.5. The van der Waals surface area contributed by atoms with Gasteiger partial charge >= 0.3 is 0 Å². The fourth-order valence-electron chi connectivity index (χ4n) is 3.04. The molecule has 156 valence electrons. The van der Waals surface area contributed by atoms with Gasteiger partial charge in [-0.3, -0.25) is 4.79 Å². The van der Waals surface area contributed by atoms with Crippen LogP contribution in [0.3, 0.4) is 0 Å². The van der Waals surface area contributed by atoms with Crippen molar-refractivity contribution in [2.75, 3.05) is 14.2 Å². The standard InChI is InChI=1S/C24H24ClNO4/c1-16(21-14-19(28-2)11-12-23(21)29-3)26-24(27)17-8-6-9-20(13-17)30-15-18-7-4-5-10-22(18)25/h4-14,16H,15H2,1-3H3,(H,26,27)/t16-/m1/s1. The van der Waals surface area contributed by atoms with Gasteiger partial charge in [0.15, 0.2) is 0 Å². The van der Waals surface area contributed by atoms with Crippen molar-refractivity contribution in [2.24, 2.45) is 0 Å². The van der Waals surface area contributed by atoms with Gasteiger partial charge in [0.2, 0.25) is 0 Å². The zero-order chi connectivity index (χ0) is 21.5. The molecule has 0 saturated carbocycles. The Kier molecular flexibility index (Phi) is 7.20. The first-order chi connectivity index (χ1) is 14.5. The largest absolute Gasteiger partial charge is 0.497 e. The second kappa shape index (κ2) is 10.0. The van der Waals surface area contributed by atoms with E-state index in [-0.39, 0.29) is 11.9 Å². The first-order valence-electron chi connectivity index (χ1n) is 9.51. The van der Waals surface area contributed by atoms with E-state index in [0.717, 1.165) is 11.1 Å². The lowest BCUT2D eigenvalue weighted by Gasteiger charge is -2.18. The Labute approximate surface area is 181 Å². The number of amides is 1. The van der Waals surface area contributed by atoms with Gasteiger partial charge in [0, 0.05) is 21.7 Å². The number of methoxy groups -OCH3 is 2. The monoisotopic (exact) mass is 425 g/mol. The Balaban J connectivity index is 1.70. The molecular weight excluding hydrogens is 402 g/mol. The van der Waals surface area contributed by atoms with Crippen LogP contribution >= 0.6 is 11.6 Å². The summed E-state index contributed by atoms with van der Waals surface area (Å²) >= 11 is 6.17. The summed E-state index contributed by atoms with van der Waals surface area (Å²) in [5.74, 6) is 1.76. The third-order valence-corrected chi connectivity index (χ3v) is 5.07. The molecule has 3 aromatic carbocycles. The quantitative estimate of drug-likeness (QED) is 0.523. The van der Waals surface area contributed by atoms with Crippen molar-refractivity contribution in [3.63, 3.8) is 0 Å². The lowest BCUT2D eigenvalue weighted by atomic mass is 10.1. The molecule has 0 spiro atoms. The van der Waals surface area contributed by atoms with E-state index in [4.69, 9.17) is 25.8 Å². The molecule has 1 atom stereocenters. The van der Waals surface area contributed by atoms with Crippen molar-refractivity contribution in [3.05, 3.63) is 88.4 Å². The Morgan fingerprint density at radius 3 is 2.50 bits per heavy atom. The van der Waals surface area contributed by atoms with Crippen LogP contribution < -0.4 is 19.5 Å². The van der Waals surface area contributed by atoms with Crippen LogP contribution in [0.5, 0.6) is 17.2 Å². The Morgan fingerprint density at radius 2 is 1.77 bits per heavy atom. The van der Waals surface area contributed by atoms with Gasteiger partial charge in [0.1, 0.15) is 23.9 Å². The van der Waals surface area contributed by atoms with Crippen molar-refractivity contribution in [1.82, 2.24) is 5.32 Å². The first-order valence-corrected chi connectivity index (χ1v) is 9.88. The molecule has 0 saturated heterocycles. The van der Waals surface area contributed by atoms with E-state index in [9.17, 15) is 4.79 Å². The smallest absolute Gasteiger partial charge is 0.251 e. The van der Waals surface area contributed by atoms with Crippen LogP contribution in [0.15, 0.2) is 66.7 Å². The predicted octanol–water partition coefficient (Wildman–Crippen LogP) is 5.43. The average Bonchev–Trinajstić information content (AvgIpc) is 2.78. The fourth-order valence-corrected chi connectivity index (χ4v) is 3.23. The maximum Gasteiger partial charge on any atom is 0.251 e. The van der Waals surface area contributed by atoms with Crippen LogP contribution in [0.2, 0.25) is 5.02 Å². The summed E-state index contributed by atoms with van der Waals surface area (Å²) in [6.45, 7) is 2.22. The SMILES string of the molecule is COc1ccc(OC)c([C@@H](C)NC(=O)c2cccc(OCc3ccccc3Cl)c2)c1. The molecule has 0 aromatic heterocycles. The molecule has 1 amide bonds. The number of rotatable bonds is 8. The van der Waals surface area contributed by atoms with Gasteiger partial charge in [0.25, 0.3) is 5.91 Å². The Bertz CT molecular complexity index is 1020. The van der Waals surface area contributed by atoms with Gasteiger partial charge in [-0.05, 0) is 49.4 Å². The molecule has 6 heteroatoms. The summed E-state index contributed by atoms with van der Waals surface area (Å²) in [5, 5.41) is 3.64. The maximum atomic E-state index is 12.8. The molecule has 0 aliphatic heterocycles. The maximum absolute atomic E-state index is 12.8. The number of hydrogen-bond donors (Lipinski definition) is 1. The van der Waals surface area contributed by atoms with E-state index in [2.05, 4.69) is 5.32 Å². The number of nitrogens with one attached hydrogen (secondary N) is 1. The fraction of sp³-hybridized carbons (Fsp3) is 0.208. The molecule has 0 bridgehead atoms. The third kappa shape index (κ3) is 5.24. The zero-order valence-electron chi connectivity index (χ0n) is 17.1. The van der Waals surface area contributed by atoms with Gasteiger partial charge in [-0.25, -0.2) is 0 Å². The second-order valence-corrected chi connectivity index (χ2v) is 7.12. The van der Waals surface area contributed by atoms with Crippen LogP contribution in [0, 0.1) is 0 Å². The van der Waals surface area contributed by atoms with Crippen molar-refractivity contribution in [1.29, 1.82) is 0 Å². The van der Waals surface area contributed by atoms with E-state index in [1.165, 1.54) is 0 Å². The van der Waals surface area contributed by atoms with Crippen molar-refractivity contribution >= 4 is 17.5 Å². The molecule has 0 aliphatic rings. The predicted molar refractivity (Wildman–Crippen MR) is 118 cm³/mol. The number of hydrogen-bond acceptors (Lipinski definition) is 4. The summed E-state index contributed by atoms with van der Waals surface area (Å²) in [4.78, 5) is 12.8. The van der Waals surface area contributed by atoms with Crippen molar-refractivity contribution in [3.8, 4) is 17.2 Å².